The summed E-state index contributed by atoms with van der Waals surface area (Å²) >= 11 is 0. The zero-order valence-electron chi connectivity index (χ0n) is 21.4. The molecule has 0 aromatic heterocycles. The average Bonchev–Trinajstić information content (AvgIpc) is 2.82. The molecule has 0 heterocycles. The van der Waals surface area contributed by atoms with Crippen molar-refractivity contribution in [3.05, 3.63) is 59.7 Å². The lowest BCUT2D eigenvalue weighted by atomic mass is 9.99. The maximum absolute atomic E-state index is 11.1. The van der Waals surface area contributed by atoms with E-state index in [1.54, 1.807) is 0 Å². The standard InChI is InChI=1S/C31H46O2/c1-4-5-6-7-8-9-10-11-12-13-14-15-16-17-28-18-20-30(21-19-28)31-24-22-29(23-25-31)26(2)33-27(3)32/h18-26H,4-17H2,1-3H3. The van der Waals surface area contributed by atoms with Gasteiger partial charge in [0.15, 0.2) is 0 Å². The molecule has 2 heteroatoms. The minimum Gasteiger partial charge on any atom is -0.458 e. The Hall–Kier alpha value is -2.09. The SMILES string of the molecule is CCCCCCCCCCCCCCCc1ccc(-c2ccc(C(C)OC(C)=O)cc2)cc1. The van der Waals surface area contributed by atoms with Gasteiger partial charge in [0.25, 0.3) is 0 Å². The molecule has 2 nitrogen and oxygen atoms in total. The first kappa shape index (κ1) is 27.2. The van der Waals surface area contributed by atoms with Crippen LogP contribution in [0.2, 0.25) is 0 Å². The van der Waals surface area contributed by atoms with Crippen LogP contribution in [0, 0.1) is 0 Å². The van der Waals surface area contributed by atoms with Crippen molar-refractivity contribution in [1.82, 2.24) is 0 Å². The molecule has 1 atom stereocenters. The van der Waals surface area contributed by atoms with Gasteiger partial charge in [-0.05, 0) is 42.0 Å². The molecule has 0 bridgehead atoms. The molecule has 0 amide bonds. The molecule has 1 unspecified atom stereocenters. The second-order valence-corrected chi connectivity index (χ2v) is 9.56. The van der Waals surface area contributed by atoms with Gasteiger partial charge >= 0.3 is 5.97 Å². The topological polar surface area (TPSA) is 26.3 Å². The van der Waals surface area contributed by atoms with E-state index in [-0.39, 0.29) is 12.1 Å². The van der Waals surface area contributed by atoms with Crippen LogP contribution in [0.3, 0.4) is 0 Å². The number of carbonyl (C=O) groups is 1. The van der Waals surface area contributed by atoms with E-state index in [4.69, 9.17) is 4.74 Å². The van der Waals surface area contributed by atoms with Crippen molar-refractivity contribution in [2.24, 2.45) is 0 Å². The molecule has 2 aromatic carbocycles. The van der Waals surface area contributed by atoms with E-state index in [9.17, 15) is 4.79 Å². The van der Waals surface area contributed by atoms with Crippen LogP contribution in [0.25, 0.3) is 11.1 Å². The lowest BCUT2D eigenvalue weighted by molar-refractivity contribution is -0.145. The molecule has 33 heavy (non-hydrogen) atoms. The van der Waals surface area contributed by atoms with E-state index < -0.39 is 0 Å². The molecular formula is C31H46O2. The Bertz CT molecular complexity index is 761. The molecule has 182 valence electrons. The fourth-order valence-electron chi connectivity index (χ4n) is 4.47. The Balaban J connectivity index is 1.57. The lowest BCUT2D eigenvalue weighted by Gasteiger charge is -2.13. The summed E-state index contributed by atoms with van der Waals surface area (Å²) in [4.78, 5) is 11.1. The van der Waals surface area contributed by atoms with Crippen LogP contribution in [0.5, 0.6) is 0 Å². The quantitative estimate of drug-likeness (QED) is 0.177. The number of aryl methyl sites for hydroxylation is 1. The normalized spacial score (nSPS) is 12.0. The smallest absolute Gasteiger partial charge is 0.303 e. The van der Waals surface area contributed by atoms with Crippen molar-refractivity contribution in [2.75, 3.05) is 0 Å². The van der Waals surface area contributed by atoms with Gasteiger partial charge in [-0.2, -0.15) is 0 Å². The number of benzene rings is 2. The van der Waals surface area contributed by atoms with Gasteiger partial charge in [0, 0.05) is 6.92 Å². The van der Waals surface area contributed by atoms with Crippen LogP contribution in [0.1, 0.15) is 121 Å². The van der Waals surface area contributed by atoms with Crippen LogP contribution in [-0.4, -0.2) is 5.97 Å². The van der Waals surface area contributed by atoms with Gasteiger partial charge in [-0.25, -0.2) is 0 Å². The summed E-state index contributed by atoms with van der Waals surface area (Å²) in [5.74, 6) is -0.245. The molecule has 2 rings (SSSR count). The summed E-state index contributed by atoms with van der Waals surface area (Å²) in [6, 6.07) is 17.3. The number of ether oxygens (including phenoxy) is 1. The third kappa shape index (κ3) is 11.6. The first-order chi connectivity index (χ1) is 16.1. The highest BCUT2D eigenvalue weighted by molar-refractivity contribution is 5.67. The van der Waals surface area contributed by atoms with Crippen LogP contribution in [0.4, 0.5) is 0 Å². The third-order valence-electron chi connectivity index (χ3n) is 6.58. The Morgan fingerprint density at radius 1 is 0.667 bits per heavy atom. The second kappa shape index (κ2) is 16.5. The molecule has 0 saturated carbocycles. The largest absolute Gasteiger partial charge is 0.458 e. The van der Waals surface area contributed by atoms with Crippen LogP contribution >= 0.6 is 0 Å². The zero-order chi connectivity index (χ0) is 23.7. The molecule has 2 aromatic rings. The second-order valence-electron chi connectivity index (χ2n) is 9.56. The van der Waals surface area contributed by atoms with Crippen molar-refractivity contribution >= 4 is 5.97 Å². The molecule has 0 N–H and O–H groups in total. The highest BCUT2D eigenvalue weighted by Gasteiger charge is 2.08. The first-order valence-electron chi connectivity index (χ1n) is 13.5. The predicted molar refractivity (Wildman–Crippen MR) is 141 cm³/mol. The van der Waals surface area contributed by atoms with Crippen molar-refractivity contribution in [3.63, 3.8) is 0 Å². The van der Waals surface area contributed by atoms with E-state index in [1.165, 1.54) is 114 Å². The highest BCUT2D eigenvalue weighted by Crippen LogP contribution is 2.24. The molecule has 0 aliphatic rings. The van der Waals surface area contributed by atoms with Gasteiger partial charge in [-0.1, -0.05) is 133 Å². The number of carbonyl (C=O) groups excluding carboxylic acids is 1. The van der Waals surface area contributed by atoms with Crippen LogP contribution < -0.4 is 0 Å². The van der Waals surface area contributed by atoms with Crippen molar-refractivity contribution in [2.45, 2.75) is 117 Å². The van der Waals surface area contributed by atoms with Crippen LogP contribution in [0.15, 0.2) is 48.5 Å². The zero-order valence-corrected chi connectivity index (χ0v) is 21.4. The van der Waals surface area contributed by atoms with Crippen molar-refractivity contribution < 1.29 is 9.53 Å². The summed E-state index contributed by atoms with van der Waals surface area (Å²) in [7, 11) is 0. The Morgan fingerprint density at radius 2 is 1.09 bits per heavy atom. The maximum atomic E-state index is 11.1. The van der Waals surface area contributed by atoms with Crippen molar-refractivity contribution in [3.8, 4) is 11.1 Å². The predicted octanol–water partition coefficient (Wildman–Crippen LogP) is 9.61. The van der Waals surface area contributed by atoms with E-state index in [2.05, 4.69) is 43.3 Å². The minimum absolute atomic E-state index is 0.209. The summed E-state index contributed by atoms with van der Waals surface area (Å²) in [5.41, 5.74) is 4.88. The molecule has 0 spiro atoms. The molecule has 0 aliphatic carbocycles. The number of hydrogen-bond acceptors (Lipinski definition) is 2. The number of rotatable bonds is 17. The number of esters is 1. The summed E-state index contributed by atoms with van der Waals surface area (Å²) < 4.78 is 5.26. The summed E-state index contributed by atoms with van der Waals surface area (Å²) in [5, 5.41) is 0. The van der Waals surface area contributed by atoms with Crippen LogP contribution in [-0.2, 0) is 16.0 Å². The molecule has 0 saturated heterocycles. The highest BCUT2D eigenvalue weighted by atomic mass is 16.5. The van der Waals surface area contributed by atoms with Gasteiger partial charge in [0.1, 0.15) is 6.10 Å². The Morgan fingerprint density at radius 3 is 1.55 bits per heavy atom. The van der Waals surface area contributed by atoms with Gasteiger partial charge in [-0.15, -0.1) is 0 Å². The van der Waals surface area contributed by atoms with E-state index in [0.717, 1.165) is 5.56 Å². The maximum Gasteiger partial charge on any atom is 0.303 e. The first-order valence-corrected chi connectivity index (χ1v) is 13.5. The third-order valence-corrected chi connectivity index (χ3v) is 6.58. The minimum atomic E-state index is -0.245. The van der Waals surface area contributed by atoms with E-state index in [1.807, 2.05) is 19.1 Å². The summed E-state index contributed by atoms with van der Waals surface area (Å²) in [6.45, 7) is 5.64. The monoisotopic (exact) mass is 450 g/mol. The molecular weight excluding hydrogens is 404 g/mol. The summed E-state index contributed by atoms with van der Waals surface area (Å²) in [6.07, 6.45) is 19.2. The fourth-order valence-corrected chi connectivity index (χ4v) is 4.47. The number of hydrogen-bond donors (Lipinski definition) is 0. The van der Waals surface area contributed by atoms with Gasteiger partial charge in [0.05, 0.1) is 0 Å². The Labute approximate surface area is 203 Å². The van der Waals surface area contributed by atoms with Crippen molar-refractivity contribution in [1.29, 1.82) is 0 Å². The van der Waals surface area contributed by atoms with Gasteiger partial charge in [-0.3, -0.25) is 4.79 Å². The Kier molecular flexibility index (Phi) is 13.6. The molecule has 0 radical (unpaired) electrons. The molecule has 0 aliphatic heterocycles. The number of unbranched alkanes of at least 4 members (excludes halogenated alkanes) is 12. The van der Waals surface area contributed by atoms with E-state index >= 15 is 0 Å². The molecule has 0 fully saturated rings. The van der Waals surface area contributed by atoms with Gasteiger partial charge < -0.3 is 4.74 Å². The van der Waals surface area contributed by atoms with Gasteiger partial charge in [0.2, 0.25) is 0 Å². The average molecular weight is 451 g/mol. The fraction of sp³-hybridized carbons (Fsp3) is 0.581. The lowest BCUT2D eigenvalue weighted by Crippen LogP contribution is -2.04. The van der Waals surface area contributed by atoms with E-state index in [0.29, 0.717) is 0 Å².